The van der Waals surface area contributed by atoms with Crippen LogP contribution in [-0.2, 0) is 24.9 Å². The molecule has 0 fully saturated rings. The van der Waals surface area contributed by atoms with Gasteiger partial charge in [0.25, 0.3) is 5.56 Å². The molecule has 0 spiro atoms. The maximum Gasteiger partial charge on any atom is 0.264 e. The van der Waals surface area contributed by atoms with Crippen LogP contribution >= 0.6 is 0 Å². The topological polar surface area (TPSA) is 81.8 Å². The number of nitrogens with one attached hydrogen (secondary N) is 1. The van der Waals surface area contributed by atoms with Gasteiger partial charge in [0.2, 0.25) is 5.91 Å². The highest BCUT2D eigenvalue weighted by molar-refractivity contribution is 5.77. The van der Waals surface area contributed by atoms with E-state index in [1.807, 2.05) is 0 Å². The Morgan fingerprint density at radius 3 is 2.91 bits per heavy atom. The van der Waals surface area contributed by atoms with Gasteiger partial charge in [-0.2, -0.15) is 5.10 Å². The van der Waals surface area contributed by atoms with Crippen molar-refractivity contribution in [2.24, 2.45) is 7.05 Å². The average Bonchev–Trinajstić information content (AvgIpc) is 2.91. The van der Waals surface area contributed by atoms with E-state index < -0.39 is 5.91 Å². The first-order valence-corrected chi connectivity index (χ1v) is 6.93. The molecule has 118 valence electrons. The standard InChI is InChI=1S/C15H14FN5O2/c1-20-14-11(7-19-20)15(23)21(9-18-14)8-13(22)17-6-10-4-2-3-5-12(10)16/h2-5,7,9H,6,8H2,1H3,(H,17,22). The molecular weight excluding hydrogens is 301 g/mol. The summed E-state index contributed by atoms with van der Waals surface area (Å²) in [6, 6.07) is 6.18. The van der Waals surface area contributed by atoms with E-state index in [1.54, 1.807) is 25.2 Å². The third-order valence-electron chi connectivity index (χ3n) is 3.47. The summed E-state index contributed by atoms with van der Waals surface area (Å²) in [6.07, 6.45) is 2.72. The molecule has 23 heavy (non-hydrogen) atoms. The van der Waals surface area contributed by atoms with Crippen LogP contribution in [0.1, 0.15) is 5.56 Å². The van der Waals surface area contributed by atoms with Crippen molar-refractivity contribution in [3.63, 3.8) is 0 Å². The van der Waals surface area contributed by atoms with E-state index in [2.05, 4.69) is 15.4 Å². The van der Waals surface area contributed by atoms with Crippen molar-refractivity contribution in [2.75, 3.05) is 0 Å². The molecule has 0 saturated carbocycles. The number of aromatic nitrogens is 4. The molecule has 0 saturated heterocycles. The first kappa shape index (κ1) is 14.9. The van der Waals surface area contributed by atoms with Crippen LogP contribution in [0.25, 0.3) is 11.0 Å². The van der Waals surface area contributed by atoms with Crippen molar-refractivity contribution in [1.82, 2.24) is 24.6 Å². The van der Waals surface area contributed by atoms with Gasteiger partial charge in [0.1, 0.15) is 24.1 Å². The Morgan fingerprint density at radius 2 is 2.13 bits per heavy atom. The summed E-state index contributed by atoms with van der Waals surface area (Å²) in [4.78, 5) is 28.3. The van der Waals surface area contributed by atoms with Crippen molar-refractivity contribution in [3.05, 3.63) is 58.5 Å². The number of fused-ring (bicyclic) bond motifs is 1. The Labute approximate surface area is 130 Å². The van der Waals surface area contributed by atoms with Gasteiger partial charge in [-0.25, -0.2) is 9.37 Å². The number of aryl methyl sites for hydroxylation is 1. The fourth-order valence-corrected chi connectivity index (χ4v) is 2.23. The zero-order valence-electron chi connectivity index (χ0n) is 12.4. The van der Waals surface area contributed by atoms with Gasteiger partial charge in [-0.05, 0) is 6.07 Å². The summed E-state index contributed by atoms with van der Waals surface area (Å²) in [5.41, 5.74) is 0.496. The quantitative estimate of drug-likeness (QED) is 0.764. The molecule has 0 aliphatic rings. The number of halogens is 1. The van der Waals surface area contributed by atoms with Gasteiger partial charge in [0.05, 0.1) is 6.20 Å². The molecule has 0 unspecified atom stereocenters. The monoisotopic (exact) mass is 315 g/mol. The van der Waals surface area contributed by atoms with Crippen LogP contribution in [0.5, 0.6) is 0 Å². The summed E-state index contributed by atoms with van der Waals surface area (Å²) in [7, 11) is 1.68. The zero-order chi connectivity index (χ0) is 16.4. The van der Waals surface area contributed by atoms with Crippen LogP contribution in [-0.4, -0.2) is 25.2 Å². The van der Waals surface area contributed by atoms with Crippen LogP contribution in [0.15, 0.2) is 41.6 Å². The number of carbonyl (C=O) groups excluding carboxylic acids is 1. The van der Waals surface area contributed by atoms with Gasteiger partial charge in [-0.3, -0.25) is 18.8 Å². The van der Waals surface area contributed by atoms with Crippen molar-refractivity contribution in [3.8, 4) is 0 Å². The normalized spacial score (nSPS) is 10.9. The van der Waals surface area contributed by atoms with Gasteiger partial charge in [0.15, 0.2) is 5.65 Å². The molecule has 0 bridgehead atoms. The highest BCUT2D eigenvalue weighted by atomic mass is 19.1. The van der Waals surface area contributed by atoms with Gasteiger partial charge in [-0.15, -0.1) is 0 Å². The number of benzene rings is 1. The smallest absolute Gasteiger partial charge is 0.264 e. The second-order valence-corrected chi connectivity index (χ2v) is 5.05. The number of carbonyl (C=O) groups is 1. The molecular formula is C15H14FN5O2. The molecule has 8 heteroatoms. The van der Waals surface area contributed by atoms with Gasteiger partial charge in [0, 0.05) is 19.2 Å². The fraction of sp³-hybridized carbons (Fsp3) is 0.200. The van der Waals surface area contributed by atoms with Gasteiger partial charge >= 0.3 is 0 Å². The molecule has 3 rings (SSSR count). The predicted molar refractivity (Wildman–Crippen MR) is 81.0 cm³/mol. The molecule has 0 atom stereocenters. The average molecular weight is 315 g/mol. The van der Waals surface area contributed by atoms with Crippen LogP contribution in [0.2, 0.25) is 0 Å². The maximum absolute atomic E-state index is 13.5. The molecule has 3 aromatic rings. The van der Waals surface area contributed by atoms with Crippen molar-refractivity contribution >= 4 is 16.9 Å². The van der Waals surface area contributed by atoms with Crippen molar-refractivity contribution < 1.29 is 9.18 Å². The molecule has 0 radical (unpaired) electrons. The Bertz CT molecular complexity index is 931. The minimum absolute atomic E-state index is 0.0584. The van der Waals surface area contributed by atoms with E-state index >= 15 is 0 Å². The lowest BCUT2D eigenvalue weighted by atomic mass is 10.2. The first-order valence-electron chi connectivity index (χ1n) is 6.93. The van der Waals surface area contributed by atoms with Crippen LogP contribution in [0, 0.1) is 5.82 Å². The molecule has 0 aliphatic carbocycles. The summed E-state index contributed by atoms with van der Waals surface area (Å²) < 4.78 is 16.2. The van der Waals surface area contributed by atoms with Gasteiger partial charge in [-0.1, -0.05) is 18.2 Å². The Balaban J connectivity index is 1.72. The highest BCUT2D eigenvalue weighted by Crippen LogP contribution is 2.06. The largest absolute Gasteiger partial charge is 0.350 e. The number of rotatable bonds is 4. The summed E-state index contributed by atoms with van der Waals surface area (Å²) in [5, 5.41) is 6.89. The van der Waals surface area contributed by atoms with Crippen LogP contribution in [0.4, 0.5) is 4.39 Å². The lowest BCUT2D eigenvalue weighted by Crippen LogP contribution is -2.32. The van der Waals surface area contributed by atoms with E-state index in [9.17, 15) is 14.0 Å². The number of amides is 1. The molecule has 1 N–H and O–H groups in total. The highest BCUT2D eigenvalue weighted by Gasteiger charge is 2.11. The van der Waals surface area contributed by atoms with Crippen LogP contribution in [0.3, 0.4) is 0 Å². The second kappa shape index (κ2) is 5.99. The van der Waals surface area contributed by atoms with E-state index in [1.165, 1.54) is 27.8 Å². The maximum atomic E-state index is 13.5. The first-order chi connectivity index (χ1) is 11.1. The molecule has 1 aromatic carbocycles. The zero-order valence-corrected chi connectivity index (χ0v) is 12.4. The lowest BCUT2D eigenvalue weighted by molar-refractivity contribution is -0.121. The predicted octanol–water partition coefficient (Wildman–Crippen LogP) is 0.585. The number of hydrogen-bond donors (Lipinski definition) is 1. The van der Waals surface area contributed by atoms with E-state index in [-0.39, 0.29) is 24.5 Å². The van der Waals surface area contributed by atoms with E-state index in [0.717, 1.165) is 0 Å². The van der Waals surface area contributed by atoms with E-state index in [0.29, 0.717) is 16.6 Å². The summed E-state index contributed by atoms with van der Waals surface area (Å²) >= 11 is 0. The summed E-state index contributed by atoms with van der Waals surface area (Å²) in [6.45, 7) is -0.131. The van der Waals surface area contributed by atoms with Crippen molar-refractivity contribution in [2.45, 2.75) is 13.1 Å². The Hall–Kier alpha value is -3.03. The fourth-order valence-electron chi connectivity index (χ4n) is 2.23. The minimum Gasteiger partial charge on any atom is -0.350 e. The Morgan fingerprint density at radius 1 is 1.35 bits per heavy atom. The third-order valence-corrected chi connectivity index (χ3v) is 3.47. The number of hydrogen-bond acceptors (Lipinski definition) is 4. The molecule has 2 aromatic heterocycles. The van der Waals surface area contributed by atoms with Crippen LogP contribution < -0.4 is 10.9 Å². The Kier molecular flexibility index (Phi) is 3.88. The van der Waals surface area contributed by atoms with E-state index in [4.69, 9.17) is 0 Å². The van der Waals surface area contributed by atoms with Crippen molar-refractivity contribution in [1.29, 1.82) is 0 Å². The molecule has 0 aliphatic heterocycles. The SMILES string of the molecule is Cn1ncc2c(=O)n(CC(=O)NCc3ccccc3F)cnc21. The number of nitrogens with zero attached hydrogens (tertiary/aromatic N) is 4. The molecule has 7 nitrogen and oxygen atoms in total. The molecule has 2 heterocycles. The molecule has 1 amide bonds. The second-order valence-electron chi connectivity index (χ2n) is 5.05. The minimum atomic E-state index is -0.402. The third kappa shape index (κ3) is 2.96. The lowest BCUT2D eigenvalue weighted by Gasteiger charge is -2.08. The van der Waals surface area contributed by atoms with Gasteiger partial charge < -0.3 is 5.32 Å². The summed E-state index contributed by atoms with van der Waals surface area (Å²) in [5.74, 6) is -0.788.